The summed E-state index contributed by atoms with van der Waals surface area (Å²) < 4.78 is 18.0. The van der Waals surface area contributed by atoms with Crippen molar-refractivity contribution in [1.82, 2.24) is 4.90 Å². The molecule has 144 valence electrons. The first kappa shape index (κ1) is 19.8. The van der Waals surface area contributed by atoms with Gasteiger partial charge in [0.15, 0.2) is 0 Å². The fourth-order valence-electron chi connectivity index (χ4n) is 3.53. The molecule has 2 saturated heterocycles. The third-order valence-electron chi connectivity index (χ3n) is 5.86. The Hall–Kier alpha value is -0.915. The number of ether oxygens (including phenoxy) is 1. The van der Waals surface area contributed by atoms with Crippen LogP contribution in [0.25, 0.3) is 0 Å². The van der Waals surface area contributed by atoms with Gasteiger partial charge in [0, 0.05) is 19.6 Å². The standard InChI is InChI=1S/C20H32BNO4/c1-19(2)20(3,4)26-21(25-19)17-7-5-6-16(14-17)15-22-10-8-18(9-11-22)24-13-12-23/h5-7,14,18,23H,8-13,15H2,1-4H3. The lowest BCUT2D eigenvalue weighted by Crippen LogP contribution is -2.41. The van der Waals surface area contributed by atoms with Crippen LogP contribution >= 0.6 is 0 Å². The highest BCUT2D eigenvalue weighted by Gasteiger charge is 2.51. The van der Waals surface area contributed by atoms with Gasteiger partial charge >= 0.3 is 7.12 Å². The lowest BCUT2D eigenvalue weighted by Gasteiger charge is -2.32. The summed E-state index contributed by atoms with van der Waals surface area (Å²) in [6.07, 6.45) is 2.34. The summed E-state index contributed by atoms with van der Waals surface area (Å²) in [7, 11) is -0.308. The van der Waals surface area contributed by atoms with E-state index in [1.54, 1.807) is 0 Å². The highest BCUT2D eigenvalue weighted by Crippen LogP contribution is 2.36. The molecule has 5 nitrogen and oxygen atoms in total. The van der Waals surface area contributed by atoms with Crippen molar-refractivity contribution in [2.75, 3.05) is 26.3 Å². The van der Waals surface area contributed by atoms with Gasteiger partial charge in [-0.3, -0.25) is 4.90 Å². The van der Waals surface area contributed by atoms with Gasteiger partial charge in [0.2, 0.25) is 0 Å². The number of piperidine rings is 1. The van der Waals surface area contributed by atoms with E-state index in [9.17, 15) is 0 Å². The zero-order valence-corrected chi connectivity index (χ0v) is 16.5. The van der Waals surface area contributed by atoms with Crippen molar-refractivity contribution in [3.8, 4) is 0 Å². The topological polar surface area (TPSA) is 51.2 Å². The van der Waals surface area contributed by atoms with Crippen LogP contribution in [0.5, 0.6) is 0 Å². The Morgan fingerprint density at radius 1 is 1.15 bits per heavy atom. The van der Waals surface area contributed by atoms with Gasteiger partial charge < -0.3 is 19.2 Å². The van der Waals surface area contributed by atoms with Crippen LogP contribution in [0, 0.1) is 0 Å². The van der Waals surface area contributed by atoms with Crippen LogP contribution in [0.2, 0.25) is 0 Å². The van der Waals surface area contributed by atoms with E-state index >= 15 is 0 Å². The van der Waals surface area contributed by atoms with E-state index in [0.29, 0.717) is 6.61 Å². The smallest absolute Gasteiger partial charge is 0.399 e. The molecule has 1 aromatic rings. The minimum Gasteiger partial charge on any atom is -0.399 e. The molecule has 0 amide bonds. The summed E-state index contributed by atoms with van der Waals surface area (Å²) >= 11 is 0. The van der Waals surface area contributed by atoms with Crippen molar-refractivity contribution < 1.29 is 19.2 Å². The second-order valence-electron chi connectivity index (χ2n) is 8.40. The Morgan fingerprint density at radius 3 is 2.42 bits per heavy atom. The van der Waals surface area contributed by atoms with Gasteiger partial charge in [-0.1, -0.05) is 24.3 Å². The van der Waals surface area contributed by atoms with Crippen LogP contribution in [0.15, 0.2) is 24.3 Å². The molecule has 0 saturated carbocycles. The number of benzene rings is 1. The number of hydrogen-bond donors (Lipinski definition) is 1. The van der Waals surface area contributed by atoms with Crippen molar-refractivity contribution >= 4 is 12.6 Å². The maximum atomic E-state index is 8.87. The summed E-state index contributed by atoms with van der Waals surface area (Å²) in [6, 6.07) is 8.55. The third kappa shape index (κ3) is 4.49. The van der Waals surface area contributed by atoms with Crippen LogP contribution in [0.1, 0.15) is 46.1 Å². The molecule has 0 unspecified atom stereocenters. The maximum absolute atomic E-state index is 8.87. The second kappa shape index (κ2) is 7.99. The van der Waals surface area contributed by atoms with Gasteiger partial charge in [-0.25, -0.2) is 0 Å². The van der Waals surface area contributed by atoms with Crippen molar-refractivity contribution in [3.05, 3.63) is 29.8 Å². The van der Waals surface area contributed by atoms with Crippen LogP contribution in [-0.4, -0.2) is 60.7 Å². The van der Waals surface area contributed by atoms with Crippen molar-refractivity contribution in [2.24, 2.45) is 0 Å². The number of likely N-dealkylation sites (tertiary alicyclic amines) is 1. The fraction of sp³-hybridized carbons (Fsp3) is 0.700. The van der Waals surface area contributed by atoms with Gasteiger partial charge in [-0.2, -0.15) is 0 Å². The van der Waals surface area contributed by atoms with E-state index in [1.807, 2.05) is 0 Å². The number of hydrogen-bond acceptors (Lipinski definition) is 5. The van der Waals surface area contributed by atoms with Gasteiger partial charge in [0.25, 0.3) is 0 Å². The van der Waals surface area contributed by atoms with E-state index in [1.165, 1.54) is 5.56 Å². The molecule has 0 aliphatic carbocycles. The molecule has 0 spiro atoms. The Bertz CT molecular complexity index is 583. The molecule has 1 aromatic carbocycles. The number of rotatable bonds is 6. The van der Waals surface area contributed by atoms with Crippen molar-refractivity contribution in [3.63, 3.8) is 0 Å². The molecule has 2 heterocycles. The van der Waals surface area contributed by atoms with E-state index < -0.39 is 0 Å². The Morgan fingerprint density at radius 2 is 1.81 bits per heavy atom. The van der Waals surface area contributed by atoms with Gasteiger partial charge in [0.05, 0.1) is 30.5 Å². The molecule has 1 N–H and O–H groups in total. The molecule has 0 radical (unpaired) electrons. The Balaban J connectivity index is 1.57. The van der Waals surface area contributed by atoms with Crippen LogP contribution in [-0.2, 0) is 20.6 Å². The quantitative estimate of drug-likeness (QED) is 0.785. The van der Waals surface area contributed by atoms with Crippen molar-refractivity contribution in [1.29, 1.82) is 0 Å². The first-order valence-electron chi connectivity index (χ1n) is 9.70. The molecule has 2 aliphatic rings. The molecular weight excluding hydrogens is 329 g/mol. The van der Waals surface area contributed by atoms with Crippen LogP contribution < -0.4 is 5.46 Å². The summed E-state index contributed by atoms with van der Waals surface area (Å²) in [6.45, 7) is 11.9. The third-order valence-corrected chi connectivity index (χ3v) is 5.86. The number of nitrogens with zero attached hydrogens (tertiary/aromatic N) is 1. The fourth-order valence-corrected chi connectivity index (χ4v) is 3.53. The van der Waals surface area contributed by atoms with Crippen LogP contribution in [0.3, 0.4) is 0 Å². The highest BCUT2D eigenvalue weighted by atomic mass is 16.7. The van der Waals surface area contributed by atoms with Crippen LogP contribution in [0.4, 0.5) is 0 Å². The van der Waals surface area contributed by atoms with Gasteiger partial charge in [-0.15, -0.1) is 0 Å². The zero-order valence-electron chi connectivity index (χ0n) is 16.5. The molecule has 0 bridgehead atoms. The first-order chi connectivity index (χ1) is 12.3. The predicted octanol–water partition coefficient (Wildman–Crippen LogP) is 1.96. The average molecular weight is 361 g/mol. The summed E-state index contributed by atoms with van der Waals surface area (Å²) in [5.41, 5.74) is 1.74. The van der Waals surface area contributed by atoms with Crippen molar-refractivity contribution in [2.45, 2.75) is 64.4 Å². The molecule has 0 atom stereocenters. The maximum Gasteiger partial charge on any atom is 0.494 e. The summed E-state index contributed by atoms with van der Waals surface area (Å²) in [4.78, 5) is 2.46. The SMILES string of the molecule is CC1(C)OB(c2cccc(CN3CCC(OCCO)CC3)c2)OC1(C)C. The highest BCUT2D eigenvalue weighted by molar-refractivity contribution is 6.62. The minimum absolute atomic E-state index is 0.103. The largest absolute Gasteiger partial charge is 0.494 e. The molecule has 6 heteroatoms. The molecule has 26 heavy (non-hydrogen) atoms. The molecule has 2 fully saturated rings. The molecule has 2 aliphatic heterocycles. The zero-order chi connectivity index (χ0) is 18.8. The van der Waals surface area contributed by atoms with E-state index in [0.717, 1.165) is 37.9 Å². The molecule has 0 aromatic heterocycles. The van der Waals surface area contributed by atoms with E-state index in [2.05, 4.69) is 56.9 Å². The first-order valence-corrected chi connectivity index (χ1v) is 9.70. The minimum atomic E-state index is -0.315. The van der Waals surface area contributed by atoms with Gasteiger partial charge in [-0.05, 0) is 51.6 Å². The number of aliphatic hydroxyl groups excluding tert-OH is 1. The van der Waals surface area contributed by atoms with E-state index in [-0.39, 0.29) is 31.0 Å². The summed E-state index contributed by atoms with van der Waals surface area (Å²) in [5, 5.41) is 8.87. The lowest BCUT2D eigenvalue weighted by atomic mass is 9.78. The Kier molecular flexibility index (Phi) is 6.09. The second-order valence-corrected chi connectivity index (χ2v) is 8.40. The average Bonchev–Trinajstić information content (AvgIpc) is 2.82. The number of aliphatic hydroxyl groups is 1. The van der Waals surface area contributed by atoms with E-state index in [4.69, 9.17) is 19.2 Å². The predicted molar refractivity (Wildman–Crippen MR) is 103 cm³/mol. The lowest BCUT2D eigenvalue weighted by molar-refractivity contribution is -0.00901. The monoisotopic (exact) mass is 361 g/mol. The molecule has 3 rings (SSSR count). The summed E-state index contributed by atoms with van der Waals surface area (Å²) in [5.74, 6) is 0. The normalized spacial score (nSPS) is 23.5. The Labute approximate surface area is 157 Å². The molecular formula is C20H32BNO4. The van der Waals surface area contributed by atoms with Gasteiger partial charge in [0.1, 0.15) is 0 Å².